The molecule has 14 heteroatoms. The van der Waals surface area contributed by atoms with Crippen LogP contribution in [-0.2, 0) is 31.1 Å². The predicted octanol–water partition coefficient (Wildman–Crippen LogP) is 8.43. The number of aromatic hydroxyl groups is 1. The first-order valence-electron chi connectivity index (χ1n) is 17.5. The molecule has 2 N–H and O–H groups in total. The van der Waals surface area contributed by atoms with E-state index >= 15 is 9.59 Å². The van der Waals surface area contributed by atoms with Gasteiger partial charge in [0.25, 0.3) is 11.8 Å². The van der Waals surface area contributed by atoms with Crippen LogP contribution in [0, 0.1) is 23.7 Å². The van der Waals surface area contributed by atoms with Crippen molar-refractivity contribution < 1.29 is 33.8 Å². The normalized spacial score (nSPS) is 25.7. The van der Waals surface area contributed by atoms with E-state index in [1.807, 2.05) is 36.4 Å². The van der Waals surface area contributed by atoms with Crippen molar-refractivity contribution in [1.82, 2.24) is 9.91 Å². The van der Waals surface area contributed by atoms with Gasteiger partial charge in [0.1, 0.15) is 5.75 Å². The van der Waals surface area contributed by atoms with Crippen LogP contribution in [0.25, 0.3) is 0 Å². The van der Waals surface area contributed by atoms with E-state index in [2.05, 4.69) is 37.3 Å². The third-order valence-corrected chi connectivity index (χ3v) is 14.3. The van der Waals surface area contributed by atoms with Gasteiger partial charge in [0.15, 0.2) is 11.5 Å². The quantitative estimate of drug-likeness (QED) is 0.133. The zero-order chi connectivity index (χ0) is 38.9. The number of imide groups is 2. The summed E-state index contributed by atoms with van der Waals surface area (Å²) in [6.07, 6.45) is 2.32. The molecule has 4 aromatic rings. The monoisotopic (exact) mass is 907 g/mol. The first kappa shape index (κ1) is 37.6. The third-order valence-electron chi connectivity index (χ3n) is 11.6. The number of likely N-dealkylation sites (tertiary alicyclic amines) is 1. The number of ether oxygens (including phenoxy) is 2. The number of hydrogen-bond donors (Lipinski definition) is 2. The molecule has 0 radical (unpaired) electrons. The summed E-state index contributed by atoms with van der Waals surface area (Å²) >= 11 is 20.0. The van der Waals surface area contributed by atoms with Gasteiger partial charge in [-0.2, -0.15) is 5.01 Å². The number of hydrazine groups is 1. The summed E-state index contributed by atoms with van der Waals surface area (Å²) in [7, 11) is 2.96. The molecule has 2 aliphatic heterocycles. The molecule has 2 saturated heterocycles. The van der Waals surface area contributed by atoms with E-state index in [0.29, 0.717) is 26.4 Å². The van der Waals surface area contributed by atoms with Gasteiger partial charge in [-0.15, -0.1) is 0 Å². The number of amides is 4. The maximum absolute atomic E-state index is 15.6. The second-order valence-corrected chi connectivity index (χ2v) is 16.5. The number of hydrogen-bond acceptors (Lipinski definition) is 8. The average Bonchev–Trinajstić information content (AvgIpc) is 3.55. The van der Waals surface area contributed by atoms with Crippen molar-refractivity contribution in [2.24, 2.45) is 23.7 Å². The Kier molecular flexibility index (Phi) is 9.76. The van der Waals surface area contributed by atoms with Crippen LogP contribution in [0.2, 0.25) is 10.0 Å². The summed E-state index contributed by atoms with van der Waals surface area (Å²) in [5, 5.41) is 12.6. The molecule has 8 rings (SSSR count). The number of anilines is 1. The van der Waals surface area contributed by atoms with E-state index in [1.165, 1.54) is 25.2 Å². The van der Waals surface area contributed by atoms with Gasteiger partial charge in [0.05, 0.1) is 59.1 Å². The molecule has 0 aromatic heterocycles. The molecular formula is C41H33Br2Cl2N3O7. The molecule has 4 aromatic carbocycles. The number of nitrogens with one attached hydrogen (secondary N) is 1. The number of phenols is 1. The molecule has 4 amide bonds. The van der Waals surface area contributed by atoms with Gasteiger partial charge < -0.3 is 14.6 Å². The molecule has 0 spiro atoms. The molecule has 2 aliphatic carbocycles. The van der Waals surface area contributed by atoms with Crippen molar-refractivity contribution >= 4 is 84.4 Å². The predicted molar refractivity (Wildman–Crippen MR) is 213 cm³/mol. The number of fused-ring (bicyclic) bond motifs is 4. The number of carbonyl (C=O) groups is 4. The fraction of sp³-hybridized carbons (Fsp3) is 0.268. The minimum atomic E-state index is -1.61. The molecule has 1 saturated carbocycles. The number of methoxy groups -OCH3 is 2. The van der Waals surface area contributed by atoms with E-state index in [4.69, 9.17) is 32.7 Å². The second-order valence-electron chi connectivity index (χ2n) is 14.1. The zero-order valence-electron chi connectivity index (χ0n) is 29.4. The topological polar surface area (TPSA) is 125 Å². The van der Waals surface area contributed by atoms with Crippen LogP contribution in [0.1, 0.15) is 35.4 Å². The van der Waals surface area contributed by atoms with Crippen LogP contribution in [0.5, 0.6) is 17.2 Å². The molecule has 6 atom stereocenters. The van der Waals surface area contributed by atoms with Gasteiger partial charge in [0, 0.05) is 15.4 Å². The molecule has 2 heterocycles. The van der Waals surface area contributed by atoms with Gasteiger partial charge in [-0.05, 0) is 104 Å². The summed E-state index contributed by atoms with van der Waals surface area (Å²) in [5.74, 6) is -5.10. The Bertz CT molecular complexity index is 2310. The summed E-state index contributed by atoms with van der Waals surface area (Å²) < 4.78 is 11.8. The number of phenolic OH excluding ortho intramolecular Hbond substituents is 1. The Morgan fingerprint density at radius 3 is 2.27 bits per heavy atom. The van der Waals surface area contributed by atoms with E-state index < -0.39 is 46.8 Å². The van der Waals surface area contributed by atoms with E-state index in [9.17, 15) is 14.7 Å². The maximum Gasteiger partial charge on any atom is 0.260 e. The van der Waals surface area contributed by atoms with Gasteiger partial charge >= 0.3 is 0 Å². The highest BCUT2D eigenvalue weighted by Crippen LogP contribution is 2.65. The first-order valence-corrected chi connectivity index (χ1v) is 19.8. The minimum absolute atomic E-state index is 0.0961. The fourth-order valence-corrected chi connectivity index (χ4v) is 10.6. The molecule has 10 nitrogen and oxygen atoms in total. The van der Waals surface area contributed by atoms with Gasteiger partial charge in [-0.3, -0.25) is 29.5 Å². The van der Waals surface area contributed by atoms with Crippen molar-refractivity contribution in [1.29, 1.82) is 0 Å². The first-order chi connectivity index (χ1) is 26.4. The summed E-state index contributed by atoms with van der Waals surface area (Å²) in [5.41, 5.74) is 4.30. The van der Waals surface area contributed by atoms with E-state index in [1.54, 1.807) is 42.5 Å². The number of rotatable bonds is 8. The highest BCUT2D eigenvalue weighted by Gasteiger charge is 2.70. The van der Waals surface area contributed by atoms with Crippen LogP contribution in [0.4, 0.5) is 5.69 Å². The Morgan fingerprint density at radius 2 is 1.60 bits per heavy atom. The molecule has 55 heavy (non-hydrogen) atoms. The van der Waals surface area contributed by atoms with Crippen molar-refractivity contribution in [3.8, 4) is 17.2 Å². The number of benzene rings is 4. The van der Waals surface area contributed by atoms with E-state index in [0.717, 1.165) is 16.1 Å². The van der Waals surface area contributed by atoms with Gasteiger partial charge in [-0.1, -0.05) is 77.3 Å². The lowest BCUT2D eigenvalue weighted by molar-refractivity contribution is -0.142. The second kappa shape index (κ2) is 14.3. The fourth-order valence-electron chi connectivity index (χ4n) is 9.15. The highest BCUT2D eigenvalue weighted by molar-refractivity contribution is 9.13. The van der Waals surface area contributed by atoms with Crippen LogP contribution in [-0.4, -0.2) is 52.9 Å². The molecule has 4 aliphatic rings. The zero-order valence-corrected chi connectivity index (χ0v) is 34.1. The van der Waals surface area contributed by atoms with Crippen molar-refractivity contribution in [3.63, 3.8) is 0 Å². The Morgan fingerprint density at radius 1 is 0.873 bits per heavy atom. The maximum atomic E-state index is 15.6. The molecule has 282 valence electrons. The molecule has 3 fully saturated rings. The lowest BCUT2D eigenvalue weighted by Crippen LogP contribution is -2.53. The lowest BCUT2D eigenvalue weighted by Gasteiger charge is -2.51. The number of halogens is 4. The highest BCUT2D eigenvalue weighted by atomic mass is 79.9. The van der Waals surface area contributed by atoms with Crippen molar-refractivity contribution in [2.75, 3.05) is 19.6 Å². The van der Waals surface area contributed by atoms with E-state index in [-0.39, 0.29) is 57.9 Å². The number of allylic oxidation sites excluding steroid dienone is 2. The average molecular weight is 910 g/mol. The number of carbonyl (C=O) groups excluding carboxylic acids is 4. The van der Waals surface area contributed by atoms with Crippen molar-refractivity contribution in [2.45, 2.75) is 30.7 Å². The lowest BCUT2D eigenvalue weighted by atomic mass is 9.49. The largest absolute Gasteiger partial charge is 0.503 e. The SMILES string of the molecule is COc1ccc([C@@]23C(=O)N(Nc4ccc(Cl)cc4Cl)C(=O)[C@@H]2C[C@@H]2C(=CC[C@@H]4C(=O)N(Cc5ccccc5)C(=O)[C@@H]42)[C@@H]3c2cc(OC)c(O)c(Br)c2Br)cc1. The summed E-state index contributed by atoms with van der Waals surface area (Å²) in [6.45, 7) is 0.126. The summed E-state index contributed by atoms with van der Waals surface area (Å²) in [6, 6.07) is 22.7. The number of nitrogens with zero attached hydrogens (tertiary/aromatic N) is 2. The van der Waals surface area contributed by atoms with Crippen LogP contribution in [0.15, 0.2) is 99.5 Å². The van der Waals surface area contributed by atoms with Crippen LogP contribution < -0.4 is 14.9 Å². The van der Waals surface area contributed by atoms with Crippen LogP contribution in [0.3, 0.4) is 0 Å². The third kappa shape index (κ3) is 5.78. The molecule has 0 unspecified atom stereocenters. The molecular weight excluding hydrogens is 877 g/mol. The Labute approximate surface area is 343 Å². The summed E-state index contributed by atoms with van der Waals surface area (Å²) in [4.78, 5) is 60.5. The van der Waals surface area contributed by atoms with Crippen LogP contribution >= 0.6 is 55.1 Å². The Hall–Kier alpha value is -4.36. The standard InChI is InChI=1S/C41H33Br2Cl2N3O7/c1-54-23-11-8-21(9-12-23)41-28(38(51)48(40(41)53)46-30-15-10-22(44)16-29(30)45)17-26-24(33(41)27-18-31(55-2)36(49)35(43)34(27)42)13-14-25-32(26)39(52)47(37(25)50)19-20-6-4-3-5-7-20/h3-13,15-16,18,25-26,28,32-33,46,49H,14,17,19H2,1-2H3/t25-,26+,28-,32-,33+,41+/m0/s1. The minimum Gasteiger partial charge on any atom is -0.503 e. The van der Waals surface area contributed by atoms with Gasteiger partial charge in [0.2, 0.25) is 11.8 Å². The smallest absolute Gasteiger partial charge is 0.260 e. The van der Waals surface area contributed by atoms with Gasteiger partial charge in [-0.25, -0.2) is 0 Å². The Balaban J connectivity index is 1.35. The molecule has 0 bridgehead atoms. The van der Waals surface area contributed by atoms with Crippen molar-refractivity contribution in [3.05, 3.63) is 126 Å².